The highest BCUT2D eigenvalue weighted by Gasteiger charge is 2.11. The molecule has 2 rings (SSSR count). The van der Waals surface area contributed by atoms with Crippen molar-refractivity contribution in [3.8, 4) is 11.4 Å². The van der Waals surface area contributed by atoms with Crippen LogP contribution < -0.4 is 0 Å². The molecule has 0 fully saturated rings. The minimum atomic E-state index is 0.375. The monoisotopic (exact) mass is 205 g/mol. The van der Waals surface area contributed by atoms with Gasteiger partial charge in [0, 0.05) is 17.8 Å². The van der Waals surface area contributed by atoms with E-state index < -0.39 is 0 Å². The van der Waals surface area contributed by atoms with Gasteiger partial charge >= 0.3 is 0 Å². The lowest BCUT2D eigenvalue weighted by Crippen LogP contribution is -1.98. The van der Waals surface area contributed by atoms with Crippen LogP contribution in [0, 0.1) is 0 Å². The molecule has 0 aromatic carbocycles. The Labute approximate surface area is 87.0 Å². The molecule has 3 nitrogen and oxygen atoms in total. The van der Waals surface area contributed by atoms with Gasteiger partial charge in [-0.1, -0.05) is 13.8 Å². The van der Waals surface area contributed by atoms with Gasteiger partial charge in [0.25, 0.3) is 0 Å². The zero-order valence-electron chi connectivity index (χ0n) is 8.14. The second-order valence-corrected chi connectivity index (χ2v) is 4.00. The Morgan fingerprint density at radius 1 is 1.21 bits per heavy atom. The van der Waals surface area contributed by atoms with Gasteiger partial charge in [-0.2, -0.15) is 4.37 Å². The molecule has 0 spiro atoms. The molecular formula is C10H11N3S. The minimum absolute atomic E-state index is 0.375. The first-order chi connectivity index (χ1) is 6.79. The fourth-order valence-corrected chi connectivity index (χ4v) is 1.81. The molecule has 2 aromatic rings. The summed E-state index contributed by atoms with van der Waals surface area (Å²) in [6.07, 6.45) is 3.44. The van der Waals surface area contributed by atoms with Gasteiger partial charge in [-0.15, -0.1) is 0 Å². The van der Waals surface area contributed by atoms with Crippen molar-refractivity contribution in [2.24, 2.45) is 0 Å². The van der Waals surface area contributed by atoms with Crippen LogP contribution in [-0.2, 0) is 0 Å². The largest absolute Gasteiger partial charge is 0.257 e. The van der Waals surface area contributed by atoms with E-state index in [0.29, 0.717) is 5.92 Å². The summed E-state index contributed by atoms with van der Waals surface area (Å²) in [5.41, 5.74) is 2.84. The molecule has 0 N–H and O–H groups in total. The highest BCUT2D eigenvalue weighted by Crippen LogP contribution is 2.24. The van der Waals surface area contributed by atoms with Crippen molar-refractivity contribution in [1.82, 2.24) is 14.3 Å². The van der Waals surface area contributed by atoms with Crippen molar-refractivity contribution in [2.45, 2.75) is 19.8 Å². The topological polar surface area (TPSA) is 38.7 Å². The van der Waals surface area contributed by atoms with E-state index in [1.807, 2.05) is 11.4 Å². The highest BCUT2D eigenvalue weighted by molar-refractivity contribution is 7.03. The molecule has 0 bridgehead atoms. The third kappa shape index (κ3) is 1.65. The van der Waals surface area contributed by atoms with Gasteiger partial charge in [0.15, 0.2) is 0 Å². The molecule has 0 radical (unpaired) electrons. The van der Waals surface area contributed by atoms with Crippen molar-refractivity contribution in [2.75, 3.05) is 0 Å². The quantitative estimate of drug-likeness (QED) is 0.756. The van der Waals surface area contributed by atoms with E-state index in [0.717, 1.165) is 17.1 Å². The molecule has 14 heavy (non-hydrogen) atoms. The summed E-state index contributed by atoms with van der Waals surface area (Å²) in [5.74, 6) is 0.375. The summed E-state index contributed by atoms with van der Waals surface area (Å²) >= 11 is 1.44. The standard InChI is InChI=1S/C10H11N3S/c1-7(2)9-10(12-5-4-11-9)8-3-6-14-13-8/h3-7H,1-2H3. The van der Waals surface area contributed by atoms with Gasteiger partial charge < -0.3 is 0 Å². The van der Waals surface area contributed by atoms with Crippen molar-refractivity contribution in [3.05, 3.63) is 29.5 Å². The predicted octanol–water partition coefficient (Wildman–Crippen LogP) is 2.72. The molecule has 0 aliphatic carbocycles. The van der Waals surface area contributed by atoms with Gasteiger partial charge in [0.1, 0.15) is 11.4 Å². The molecule has 72 valence electrons. The number of rotatable bonds is 2. The molecule has 0 aliphatic rings. The SMILES string of the molecule is CC(C)c1nccnc1-c1ccsn1. The highest BCUT2D eigenvalue weighted by atomic mass is 32.1. The summed E-state index contributed by atoms with van der Waals surface area (Å²) in [6, 6.07) is 1.97. The van der Waals surface area contributed by atoms with Crippen LogP contribution in [0.4, 0.5) is 0 Å². The van der Waals surface area contributed by atoms with Gasteiger partial charge in [0.05, 0.1) is 5.69 Å². The lowest BCUT2D eigenvalue weighted by atomic mass is 10.1. The Hall–Kier alpha value is -1.29. The maximum absolute atomic E-state index is 4.34. The molecule has 0 saturated carbocycles. The van der Waals surface area contributed by atoms with Crippen molar-refractivity contribution < 1.29 is 0 Å². The molecule has 2 aromatic heterocycles. The van der Waals surface area contributed by atoms with Crippen molar-refractivity contribution >= 4 is 11.5 Å². The summed E-state index contributed by atoms with van der Waals surface area (Å²) in [6.45, 7) is 4.22. The molecule has 4 heteroatoms. The zero-order chi connectivity index (χ0) is 9.97. The van der Waals surface area contributed by atoms with E-state index in [1.165, 1.54) is 11.5 Å². The molecule has 0 unspecified atom stereocenters. The van der Waals surface area contributed by atoms with Crippen LogP contribution in [0.15, 0.2) is 23.8 Å². The number of aromatic nitrogens is 3. The maximum atomic E-state index is 4.34. The number of nitrogens with zero attached hydrogens (tertiary/aromatic N) is 3. The average molecular weight is 205 g/mol. The molecule has 0 aliphatic heterocycles. The van der Waals surface area contributed by atoms with Gasteiger partial charge in [0.2, 0.25) is 0 Å². The molecule has 0 amide bonds. The zero-order valence-corrected chi connectivity index (χ0v) is 8.95. The molecule has 0 saturated heterocycles. The summed E-state index contributed by atoms with van der Waals surface area (Å²) in [5, 5.41) is 1.95. The Morgan fingerprint density at radius 3 is 2.64 bits per heavy atom. The second kappa shape index (κ2) is 3.84. The van der Waals surface area contributed by atoms with Crippen molar-refractivity contribution in [1.29, 1.82) is 0 Å². The number of hydrogen-bond donors (Lipinski definition) is 0. The van der Waals surface area contributed by atoms with E-state index in [-0.39, 0.29) is 0 Å². The van der Waals surface area contributed by atoms with E-state index in [2.05, 4.69) is 28.2 Å². The third-order valence-electron chi connectivity index (χ3n) is 1.95. The summed E-state index contributed by atoms with van der Waals surface area (Å²) < 4.78 is 4.27. The lowest BCUT2D eigenvalue weighted by molar-refractivity contribution is 0.815. The number of hydrogen-bond acceptors (Lipinski definition) is 4. The van der Waals surface area contributed by atoms with E-state index in [1.54, 1.807) is 12.4 Å². The first-order valence-electron chi connectivity index (χ1n) is 4.50. The summed E-state index contributed by atoms with van der Waals surface area (Å²) in [7, 11) is 0. The fourth-order valence-electron chi connectivity index (χ4n) is 1.30. The average Bonchev–Trinajstić information content (AvgIpc) is 2.70. The molecular weight excluding hydrogens is 194 g/mol. The normalized spacial score (nSPS) is 10.8. The van der Waals surface area contributed by atoms with Gasteiger partial charge in [-0.3, -0.25) is 9.97 Å². The van der Waals surface area contributed by atoms with Crippen LogP contribution in [0.25, 0.3) is 11.4 Å². The second-order valence-electron chi connectivity index (χ2n) is 3.33. The minimum Gasteiger partial charge on any atom is -0.257 e. The van der Waals surface area contributed by atoms with Crippen molar-refractivity contribution in [3.63, 3.8) is 0 Å². The van der Waals surface area contributed by atoms with Crippen LogP contribution in [0.3, 0.4) is 0 Å². The Kier molecular flexibility index (Phi) is 2.54. The molecule has 0 atom stereocenters. The van der Waals surface area contributed by atoms with Crippen LogP contribution in [0.1, 0.15) is 25.5 Å². The predicted molar refractivity (Wildman–Crippen MR) is 57.2 cm³/mol. The van der Waals surface area contributed by atoms with Crippen LogP contribution in [-0.4, -0.2) is 14.3 Å². The van der Waals surface area contributed by atoms with E-state index >= 15 is 0 Å². The van der Waals surface area contributed by atoms with Gasteiger partial charge in [-0.25, -0.2) is 0 Å². The van der Waals surface area contributed by atoms with E-state index in [9.17, 15) is 0 Å². The Balaban J connectivity index is 2.53. The first kappa shape index (κ1) is 9.27. The lowest BCUT2D eigenvalue weighted by Gasteiger charge is -2.07. The maximum Gasteiger partial charge on any atom is 0.111 e. The van der Waals surface area contributed by atoms with Crippen LogP contribution in [0.2, 0.25) is 0 Å². The first-order valence-corrected chi connectivity index (χ1v) is 5.34. The smallest absolute Gasteiger partial charge is 0.111 e. The van der Waals surface area contributed by atoms with Crippen LogP contribution >= 0.6 is 11.5 Å². The summed E-state index contributed by atoms with van der Waals surface area (Å²) in [4.78, 5) is 8.66. The fraction of sp³-hybridized carbons (Fsp3) is 0.300. The van der Waals surface area contributed by atoms with Gasteiger partial charge in [-0.05, 0) is 23.5 Å². The Bertz CT molecular complexity index is 409. The van der Waals surface area contributed by atoms with Crippen LogP contribution in [0.5, 0.6) is 0 Å². The molecule has 2 heterocycles. The van der Waals surface area contributed by atoms with E-state index in [4.69, 9.17) is 0 Å². The Morgan fingerprint density at radius 2 is 2.00 bits per heavy atom. The third-order valence-corrected chi connectivity index (χ3v) is 2.51.